The summed E-state index contributed by atoms with van der Waals surface area (Å²) >= 11 is 0. The van der Waals surface area contributed by atoms with Gasteiger partial charge in [0.15, 0.2) is 11.9 Å². The molecule has 0 saturated heterocycles. The monoisotopic (exact) mass is 412 g/mol. The van der Waals surface area contributed by atoms with Gasteiger partial charge in [-0.25, -0.2) is 4.98 Å². The molecule has 0 fully saturated rings. The van der Waals surface area contributed by atoms with Gasteiger partial charge in [0.05, 0.1) is 17.6 Å². The molecule has 4 aromatic rings. The van der Waals surface area contributed by atoms with Crippen molar-refractivity contribution in [1.82, 2.24) is 14.5 Å². The highest BCUT2D eigenvalue weighted by molar-refractivity contribution is 5.81. The third kappa shape index (κ3) is 4.09. The zero-order valence-electron chi connectivity index (χ0n) is 17.1. The average Bonchev–Trinajstić information content (AvgIpc) is 3.28. The molecule has 0 saturated carbocycles. The van der Waals surface area contributed by atoms with Crippen LogP contribution in [0.25, 0.3) is 22.1 Å². The van der Waals surface area contributed by atoms with Gasteiger partial charge in [-0.1, -0.05) is 6.07 Å². The van der Waals surface area contributed by atoms with Gasteiger partial charge in [-0.15, -0.1) is 0 Å². The number of aromatic nitrogens is 3. The normalized spacial score (nSPS) is 12.5. The molecule has 1 atom stereocenters. The highest BCUT2D eigenvalue weighted by Crippen LogP contribution is 2.28. The molecule has 0 aliphatic heterocycles. The lowest BCUT2D eigenvalue weighted by molar-refractivity contribution is -0.0979. The Morgan fingerprint density at radius 3 is 2.80 bits per heavy atom. The second kappa shape index (κ2) is 8.70. The van der Waals surface area contributed by atoms with Crippen LogP contribution >= 0.6 is 0 Å². The Morgan fingerprint density at radius 1 is 1.13 bits per heavy atom. The average molecular weight is 412 g/mol. The molecular formula is C21H24N4O5. The number of anilines is 2. The molecule has 2 aromatic carbocycles. The number of rotatable bonds is 9. The Hall–Kier alpha value is -3.14. The molecule has 30 heavy (non-hydrogen) atoms. The van der Waals surface area contributed by atoms with E-state index in [1.807, 2.05) is 42.8 Å². The molecule has 0 aliphatic rings. The quantitative estimate of drug-likeness (QED) is 0.318. The van der Waals surface area contributed by atoms with Crippen LogP contribution in [-0.4, -0.2) is 46.6 Å². The van der Waals surface area contributed by atoms with Crippen molar-refractivity contribution in [3.8, 4) is 5.75 Å². The minimum atomic E-state index is -0.977. The van der Waals surface area contributed by atoms with Gasteiger partial charge in [-0.3, -0.25) is 5.32 Å². The molecule has 2 heterocycles. The molecular weight excluding hydrogens is 388 g/mol. The van der Waals surface area contributed by atoms with E-state index in [2.05, 4.69) is 15.3 Å². The van der Waals surface area contributed by atoms with Crippen LogP contribution in [0.3, 0.4) is 0 Å². The summed E-state index contributed by atoms with van der Waals surface area (Å²) in [5.74, 6) is 1.25. The summed E-state index contributed by atoms with van der Waals surface area (Å²) in [5.41, 5.74) is 3.58. The smallest absolute Gasteiger partial charge is 0.302 e. The fourth-order valence-corrected chi connectivity index (χ4v) is 3.12. The topological polar surface area (TPSA) is 104 Å². The Morgan fingerprint density at radius 2 is 2.00 bits per heavy atom. The number of benzene rings is 2. The number of imidazole rings is 1. The highest BCUT2D eigenvalue weighted by Gasteiger charge is 2.15. The lowest BCUT2D eigenvalue weighted by Crippen LogP contribution is -2.03. The lowest BCUT2D eigenvalue weighted by atomic mass is 10.2. The van der Waals surface area contributed by atoms with Crippen molar-refractivity contribution >= 4 is 34.1 Å². The third-order valence-electron chi connectivity index (χ3n) is 4.65. The first-order valence-corrected chi connectivity index (χ1v) is 9.64. The number of aliphatic hydroxyl groups is 1. The van der Waals surface area contributed by atoms with Crippen LogP contribution in [0.15, 0.2) is 40.8 Å². The minimum absolute atomic E-state index is 0.326. The summed E-state index contributed by atoms with van der Waals surface area (Å²) in [4.78, 5) is 9.05. The molecule has 0 bridgehead atoms. The maximum Gasteiger partial charge on any atom is 0.302 e. The Kier molecular flexibility index (Phi) is 5.84. The maximum atomic E-state index is 10.0. The van der Waals surface area contributed by atoms with Crippen molar-refractivity contribution in [2.75, 3.05) is 32.2 Å². The Balaban J connectivity index is 1.57. The van der Waals surface area contributed by atoms with E-state index in [4.69, 9.17) is 18.6 Å². The Bertz CT molecular complexity index is 1150. The van der Waals surface area contributed by atoms with Crippen LogP contribution in [0, 0.1) is 0 Å². The van der Waals surface area contributed by atoms with Crippen molar-refractivity contribution in [3.05, 3.63) is 42.0 Å². The SMILES string of the molecule is CCOC(O)c1ccc2c(c1)nc(Nc1nc3ccc(OCCOC)cc3o1)n2C. The maximum absolute atomic E-state index is 10.0. The van der Waals surface area contributed by atoms with E-state index < -0.39 is 6.29 Å². The molecule has 158 valence electrons. The number of hydrogen-bond donors (Lipinski definition) is 2. The van der Waals surface area contributed by atoms with Gasteiger partial charge < -0.3 is 28.3 Å². The second-order valence-electron chi connectivity index (χ2n) is 6.67. The van der Waals surface area contributed by atoms with E-state index in [1.165, 1.54) is 0 Å². The van der Waals surface area contributed by atoms with E-state index in [9.17, 15) is 5.11 Å². The second-order valence-corrected chi connectivity index (χ2v) is 6.67. The summed E-state index contributed by atoms with van der Waals surface area (Å²) in [7, 11) is 3.52. The summed E-state index contributed by atoms with van der Waals surface area (Å²) < 4.78 is 23.6. The van der Waals surface area contributed by atoms with Crippen LogP contribution in [0.1, 0.15) is 18.8 Å². The van der Waals surface area contributed by atoms with Crippen molar-refractivity contribution < 1.29 is 23.7 Å². The number of methoxy groups -OCH3 is 1. The molecule has 9 nitrogen and oxygen atoms in total. The molecule has 0 aliphatic carbocycles. The van der Waals surface area contributed by atoms with Gasteiger partial charge in [-0.2, -0.15) is 4.98 Å². The largest absolute Gasteiger partial charge is 0.491 e. The first-order valence-electron chi connectivity index (χ1n) is 9.64. The molecule has 2 N–H and O–H groups in total. The first-order chi connectivity index (χ1) is 14.6. The van der Waals surface area contributed by atoms with E-state index in [0.29, 0.717) is 54.2 Å². The standard InChI is InChI=1S/C21H24N4O5/c1-4-28-19(26)13-5-8-17-16(11-13)22-20(25(17)2)24-21-23-15-7-6-14(12-18(15)30-21)29-10-9-27-3/h5-8,11-12,19,26H,4,9-10H2,1-3H3,(H,22,23,24). The number of oxazole rings is 1. The highest BCUT2D eigenvalue weighted by atomic mass is 16.6. The van der Waals surface area contributed by atoms with Crippen molar-refractivity contribution in [2.24, 2.45) is 7.05 Å². The predicted octanol–water partition coefficient (Wildman–Crippen LogP) is 3.51. The van der Waals surface area contributed by atoms with Crippen molar-refractivity contribution in [1.29, 1.82) is 0 Å². The van der Waals surface area contributed by atoms with Gasteiger partial charge in [0.1, 0.15) is 17.9 Å². The van der Waals surface area contributed by atoms with Gasteiger partial charge in [0.25, 0.3) is 0 Å². The molecule has 0 radical (unpaired) electrons. The van der Waals surface area contributed by atoms with Crippen LogP contribution in [0.2, 0.25) is 0 Å². The van der Waals surface area contributed by atoms with Gasteiger partial charge in [0, 0.05) is 32.4 Å². The number of fused-ring (bicyclic) bond motifs is 2. The fourth-order valence-electron chi connectivity index (χ4n) is 3.12. The Labute approximate surface area is 173 Å². The molecule has 9 heteroatoms. The molecule has 0 spiro atoms. The molecule has 2 aromatic heterocycles. The van der Waals surface area contributed by atoms with Crippen LogP contribution in [0.4, 0.5) is 12.0 Å². The molecule has 4 rings (SSSR count). The number of aryl methyl sites for hydroxylation is 1. The van der Waals surface area contributed by atoms with Gasteiger partial charge >= 0.3 is 6.01 Å². The van der Waals surface area contributed by atoms with E-state index in [-0.39, 0.29) is 0 Å². The number of hydrogen-bond acceptors (Lipinski definition) is 8. The zero-order valence-corrected chi connectivity index (χ0v) is 17.1. The minimum Gasteiger partial charge on any atom is -0.491 e. The van der Waals surface area contributed by atoms with Crippen LogP contribution in [-0.2, 0) is 16.5 Å². The number of aliphatic hydroxyl groups excluding tert-OH is 1. The number of nitrogens with one attached hydrogen (secondary N) is 1. The number of ether oxygens (including phenoxy) is 3. The van der Waals surface area contributed by atoms with Crippen molar-refractivity contribution in [2.45, 2.75) is 13.2 Å². The summed E-state index contributed by atoms with van der Waals surface area (Å²) in [6.45, 7) is 3.23. The van der Waals surface area contributed by atoms with Crippen LogP contribution in [0.5, 0.6) is 5.75 Å². The van der Waals surface area contributed by atoms with Gasteiger partial charge in [0.2, 0.25) is 5.95 Å². The number of nitrogens with zero attached hydrogens (tertiary/aromatic N) is 3. The zero-order chi connectivity index (χ0) is 21.1. The van der Waals surface area contributed by atoms with E-state index in [0.717, 1.165) is 11.0 Å². The summed E-state index contributed by atoms with van der Waals surface area (Å²) in [6, 6.07) is 11.3. The summed E-state index contributed by atoms with van der Waals surface area (Å²) in [6.07, 6.45) is -0.977. The third-order valence-corrected chi connectivity index (χ3v) is 4.65. The first kappa shape index (κ1) is 20.1. The summed E-state index contributed by atoms with van der Waals surface area (Å²) in [5, 5.41) is 13.2. The van der Waals surface area contributed by atoms with Crippen molar-refractivity contribution in [3.63, 3.8) is 0 Å². The molecule has 0 amide bonds. The van der Waals surface area contributed by atoms with E-state index in [1.54, 1.807) is 19.2 Å². The lowest BCUT2D eigenvalue weighted by Gasteiger charge is -2.10. The van der Waals surface area contributed by atoms with Gasteiger partial charge in [-0.05, 0) is 31.2 Å². The molecule has 1 unspecified atom stereocenters. The fraction of sp³-hybridized carbons (Fsp3) is 0.333. The van der Waals surface area contributed by atoms with Crippen LogP contribution < -0.4 is 10.1 Å². The predicted molar refractivity (Wildman–Crippen MR) is 112 cm³/mol. The van der Waals surface area contributed by atoms with E-state index >= 15 is 0 Å².